The summed E-state index contributed by atoms with van der Waals surface area (Å²) in [6.45, 7) is 4.23. The molecule has 106 valence electrons. The third-order valence-corrected chi connectivity index (χ3v) is 3.29. The van der Waals surface area contributed by atoms with E-state index in [9.17, 15) is 4.79 Å². The summed E-state index contributed by atoms with van der Waals surface area (Å²) in [6, 6.07) is 11.4. The Morgan fingerprint density at radius 2 is 2.05 bits per heavy atom. The number of fused-ring (bicyclic) bond motifs is 1. The van der Waals surface area contributed by atoms with Crippen molar-refractivity contribution in [1.29, 1.82) is 0 Å². The molecule has 0 saturated carbocycles. The molecule has 4 nitrogen and oxygen atoms in total. The first-order valence-electron chi connectivity index (χ1n) is 7.07. The summed E-state index contributed by atoms with van der Waals surface area (Å²) in [5, 5.41) is 1.03. The smallest absolute Gasteiger partial charge is 0.251 e. The fourth-order valence-electron chi connectivity index (χ4n) is 2.39. The Morgan fingerprint density at radius 1 is 1.19 bits per heavy atom. The predicted molar refractivity (Wildman–Crippen MR) is 84.1 cm³/mol. The van der Waals surface area contributed by atoms with Gasteiger partial charge >= 0.3 is 0 Å². The summed E-state index contributed by atoms with van der Waals surface area (Å²) < 4.78 is 0. The van der Waals surface area contributed by atoms with Crippen LogP contribution in [0, 0.1) is 5.92 Å². The van der Waals surface area contributed by atoms with Crippen LogP contribution in [-0.2, 0) is 6.42 Å². The van der Waals surface area contributed by atoms with Crippen LogP contribution in [0.4, 0.5) is 0 Å². The van der Waals surface area contributed by atoms with Crippen LogP contribution in [0.2, 0.25) is 0 Å². The van der Waals surface area contributed by atoms with Gasteiger partial charge in [-0.2, -0.15) is 0 Å². The highest BCUT2D eigenvalue weighted by molar-refractivity contribution is 5.82. The van der Waals surface area contributed by atoms with Crippen molar-refractivity contribution in [3.63, 3.8) is 0 Å². The average Bonchev–Trinajstić information content (AvgIpc) is 2.45. The standard InChI is InChI=1S/C17H17N3O/c1-11(2)8-14-10-16(21)20-17(19-14)13-5-6-15-12(9-13)4-3-7-18-15/h3-7,9-11H,8H2,1-2H3,(H,19,20,21). The molecule has 0 aliphatic rings. The van der Waals surface area contributed by atoms with Gasteiger partial charge in [0.05, 0.1) is 5.52 Å². The molecule has 4 heteroatoms. The minimum Gasteiger partial charge on any atom is -0.307 e. The molecule has 0 bridgehead atoms. The molecule has 0 spiro atoms. The van der Waals surface area contributed by atoms with E-state index in [1.165, 1.54) is 0 Å². The van der Waals surface area contributed by atoms with Crippen molar-refractivity contribution >= 4 is 10.9 Å². The number of aromatic amines is 1. The number of pyridine rings is 1. The molecule has 0 amide bonds. The molecule has 0 aliphatic heterocycles. The predicted octanol–water partition coefficient (Wildman–Crippen LogP) is 3.18. The van der Waals surface area contributed by atoms with E-state index in [0.29, 0.717) is 11.7 Å². The Kier molecular flexibility index (Phi) is 3.52. The molecule has 0 fully saturated rings. The van der Waals surface area contributed by atoms with Crippen molar-refractivity contribution in [2.24, 2.45) is 5.92 Å². The monoisotopic (exact) mass is 279 g/mol. The molecule has 0 unspecified atom stereocenters. The van der Waals surface area contributed by atoms with Crippen molar-refractivity contribution in [1.82, 2.24) is 15.0 Å². The van der Waals surface area contributed by atoms with Crippen molar-refractivity contribution < 1.29 is 0 Å². The Morgan fingerprint density at radius 3 is 2.86 bits per heavy atom. The third-order valence-electron chi connectivity index (χ3n) is 3.29. The topological polar surface area (TPSA) is 58.6 Å². The first-order chi connectivity index (χ1) is 10.1. The maximum absolute atomic E-state index is 11.8. The number of nitrogens with zero attached hydrogens (tertiary/aromatic N) is 2. The van der Waals surface area contributed by atoms with E-state index < -0.39 is 0 Å². The lowest BCUT2D eigenvalue weighted by atomic mass is 10.1. The fourth-order valence-corrected chi connectivity index (χ4v) is 2.39. The second-order valence-corrected chi connectivity index (χ2v) is 5.59. The van der Waals surface area contributed by atoms with Crippen LogP contribution < -0.4 is 5.56 Å². The highest BCUT2D eigenvalue weighted by atomic mass is 16.1. The highest BCUT2D eigenvalue weighted by Crippen LogP contribution is 2.20. The van der Waals surface area contributed by atoms with Crippen LogP contribution in [0.1, 0.15) is 19.5 Å². The second kappa shape index (κ2) is 5.48. The summed E-state index contributed by atoms with van der Waals surface area (Å²) in [7, 11) is 0. The van der Waals surface area contributed by atoms with Gasteiger partial charge in [0.15, 0.2) is 0 Å². The van der Waals surface area contributed by atoms with Gasteiger partial charge < -0.3 is 4.98 Å². The summed E-state index contributed by atoms with van der Waals surface area (Å²) in [6.07, 6.45) is 2.57. The van der Waals surface area contributed by atoms with E-state index in [1.807, 2.05) is 30.3 Å². The van der Waals surface area contributed by atoms with Crippen LogP contribution >= 0.6 is 0 Å². The summed E-state index contributed by atoms with van der Waals surface area (Å²) >= 11 is 0. The molecule has 0 aliphatic carbocycles. The maximum Gasteiger partial charge on any atom is 0.251 e. The lowest BCUT2D eigenvalue weighted by Crippen LogP contribution is -2.11. The van der Waals surface area contributed by atoms with Crippen LogP contribution in [0.5, 0.6) is 0 Å². The van der Waals surface area contributed by atoms with Crippen molar-refractivity contribution in [2.45, 2.75) is 20.3 Å². The molecule has 2 aromatic heterocycles. The number of H-pyrrole nitrogens is 1. The number of nitrogens with one attached hydrogen (secondary N) is 1. The van der Waals surface area contributed by atoms with Gasteiger partial charge in [0, 0.05) is 28.9 Å². The number of hydrogen-bond acceptors (Lipinski definition) is 3. The van der Waals surface area contributed by atoms with Crippen LogP contribution in [0.3, 0.4) is 0 Å². The van der Waals surface area contributed by atoms with E-state index in [4.69, 9.17) is 0 Å². The van der Waals surface area contributed by atoms with E-state index in [2.05, 4.69) is 28.8 Å². The highest BCUT2D eigenvalue weighted by Gasteiger charge is 2.07. The molecule has 0 saturated heterocycles. The molecule has 1 aromatic carbocycles. The Hall–Kier alpha value is -2.49. The quantitative estimate of drug-likeness (QED) is 0.801. The third kappa shape index (κ3) is 2.99. The molecule has 0 atom stereocenters. The molecule has 1 N–H and O–H groups in total. The first-order valence-corrected chi connectivity index (χ1v) is 7.07. The minimum absolute atomic E-state index is 0.109. The fraction of sp³-hybridized carbons (Fsp3) is 0.235. The summed E-state index contributed by atoms with van der Waals surface area (Å²) in [4.78, 5) is 23.5. The van der Waals surface area contributed by atoms with Crippen LogP contribution in [0.15, 0.2) is 47.4 Å². The van der Waals surface area contributed by atoms with Gasteiger partial charge in [0.1, 0.15) is 5.82 Å². The van der Waals surface area contributed by atoms with Crippen molar-refractivity contribution in [3.8, 4) is 11.4 Å². The van der Waals surface area contributed by atoms with Crippen molar-refractivity contribution in [2.75, 3.05) is 0 Å². The Labute approximate surface area is 122 Å². The largest absolute Gasteiger partial charge is 0.307 e. The zero-order valence-corrected chi connectivity index (χ0v) is 12.1. The van der Waals surface area contributed by atoms with Crippen LogP contribution in [-0.4, -0.2) is 15.0 Å². The SMILES string of the molecule is CC(C)Cc1cc(=O)[nH]c(-c2ccc3ncccc3c2)n1. The molecule has 21 heavy (non-hydrogen) atoms. The second-order valence-electron chi connectivity index (χ2n) is 5.59. The summed E-state index contributed by atoms with van der Waals surface area (Å²) in [5.74, 6) is 1.08. The number of aromatic nitrogens is 3. The lowest BCUT2D eigenvalue weighted by molar-refractivity contribution is 0.634. The van der Waals surface area contributed by atoms with Gasteiger partial charge in [0.2, 0.25) is 0 Å². The van der Waals surface area contributed by atoms with E-state index >= 15 is 0 Å². The molecule has 3 rings (SSSR count). The van der Waals surface area contributed by atoms with Gasteiger partial charge in [0.25, 0.3) is 5.56 Å². The molecular formula is C17H17N3O. The average molecular weight is 279 g/mol. The maximum atomic E-state index is 11.8. The Bertz CT molecular complexity index is 837. The first kappa shape index (κ1) is 13.5. The number of hydrogen-bond donors (Lipinski definition) is 1. The zero-order valence-electron chi connectivity index (χ0n) is 12.1. The number of rotatable bonds is 3. The normalized spacial score (nSPS) is 11.2. The van der Waals surface area contributed by atoms with E-state index in [0.717, 1.165) is 28.6 Å². The van der Waals surface area contributed by atoms with Crippen molar-refractivity contribution in [3.05, 3.63) is 58.6 Å². The molecular weight excluding hydrogens is 262 g/mol. The van der Waals surface area contributed by atoms with Gasteiger partial charge in [-0.15, -0.1) is 0 Å². The minimum atomic E-state index is -0.109. The Balaban J connectivity index is 2.09. The van der Waals surface area contributed by atoms with Gasteiger partial charge in [-0.05, 0) is 36.6 Å². The van der Waals surface area contributed by atoms with E-state index in [-0.39, 0.29) is 5.56 Å². The zero-order chi connectivity index (χ0) is 14.8. The van der Waals surface area contributed by atoms with Gasteiger partial charge in [-0.1, -0.05) is 19.9 Å². The van der Waals surface area contributed by atoms with Crippen LogP contribution in [0.25, 0.3) is 22.3 Å². The summed E-state index contributed by atoms with van der Waals surface area (Å²) in [5.41, 5.74) is 2.55. The van der Waals surface area contributed by atoms with Gasteiger partial charge in [-0.3, -0.25) is 9.78 Å². The molecule has 3 aromatic rings. The van der Waals surface area contributed by atoms with Gasteiger partial charge in [-0.25, -0.2) is 4.98 Å². The number of benzene rings is 1. The molecule has 2 heterocycles. The lowest BCUT2D eigenvalue weighted by Gasteiger charge is -2.07. The molecule has 0 radical (unpaired) electrons. The van der Waals surface area contributed by atoms with E-state index in [1.54, 1.807) is 12.3 Å².